The Bertz CT molecular complexity index is 157. The molecule has 2 heteroatoms. The molecule has 58 valence electrons. The number of carbonyl (C=O) groups is 1. The summed E-state index contributed by atoms with van der Waals surface area (Å²) in [5.74, 6) is -0.768. The van der Waals surface area contributed by atoms with Crippen molar-refractivity contribution in [1.29, 1.82) is 0 Å². The Morgan fingerprint density at radius 1 is 1.60 bits per heavy atom. The molecule has 0 heterocycles. The van der Waals surface area contributed by atoms with Crippen molar-refractivity contribution in [3.63, 3.8) is 0 Å². The fourth-order valence-corrected chi connectivity index (χ4v) is 0.830. The maximum Gasteiger partial charge on any atom is 0.309 e. The Hall–Kier alpha value is -0.790. The van der Waals surface area contributed by atoms with Crippen molar-refractivity contribution >= 4 is 5.97 Å². The smallest absolute Gasteiger partial charge is 0.309 e. The van der Waals surface area contributed by atoms with E-state index in [9.17, 15) is 4.79 Å². The SMILES string of the molecule is C=C(C)CC(C)(C)C(=O)O. The second-order valence-corrected chi connectivity index (χ2v) is 3.32. The van der Waals surface area contributed by atoms with Crippen LogP contribution in [0.25, 0.3) is 0 Å². The van der Waals surface area contributed by atoms with Crippen LogP contribution in [0.15, 0.2) is 12.2 Å². The van der Waals surface area contributed by atoms with Crippen LogP contribution in [0.3, 0.4) is 0 Å². The van der Waals surface area contributed by atoms with Crippen LogP contribution >= 0.6 is 0 Å². The molecular weight excluding hydrogens is 128 g/mol. The molecular formula is C8H14O2. The predicted octanol–water partition coefficient (Wildman–Crippen LogP) is 2.06. The van der Waals surface area contributed by atoms with E-state index in [1.165, 1.54) is 0 Å². The molecule has 0 bridgehead atoms. The quantitative estimate of drug-likeness (QED) is 0.612. The predicted molar refractivity (Wildman–Crippen MR) is 40.8 cm³/mol. The first-order chi connectivity index (χ1) is 4.36. The number of carboxylic acid groups (broad SMARTS) is 1. The average Bonchev–Trinajstić information content (AvgIpc) is 1.60. The van der Waals surface area contributed by atoms with Gasteiger partial charge in [0.05, 0.1) is 5.41 Å². The highest BCUT2D eigenvalue weighted by molar-refractivity contribution is 5.73. The highest BCUT2D eigenvalue weighted by Gasteiger charge is 2.26. The Balaban J connectivity index is 4.13. The highest BCUT2D eigenvalue weighted by Crippen LogP contribution is 2.23. The lowest BCUT2D eigenvalue weighted by Crippen LogP contribution is -2.23. The number of aliphatic carboxylic acids is 1. The molecule has 0 unspecified atom stereocenters. The van der Waals surface area contributed by atoms with Crippen LogP contribution in [0, 0.1) is 5.41 Å². The standard InChI is InChI=1S/C8H14O2/c1-6(2)5-8(3,4)7(9)10/h1,5H2,2-4H3,(H,9,10). The summed E-state index contributed by atoms with van der Waals surface area (Å²) in [5, 5.41) is 8.65. The van der Waals surface area contributed by atoms with Crippen molar-refractivity contribution in [2.24, 2.45) is 5.41 Å². The van der Waals surface area contributed by atoms with E-state index < -0.39 is 11.4 Å². The van der Waals surface area contributed by atoms with Gasteiger partial charge in [0.25, 0.3) is 0 Å². The van der Waals surface area contributed by atoms with Gasteiger partial charge in [0.15, 0.2) is 0 Å². The van der Waals surface area contributed by atoms with Gasteiger partial charge in [-0.15, -0.1) is 6.58 Å². The lowest BCUT2D eigenvalue weighted by atomic mass is 9.87. The van der Waals surface area contributed by atoms with Crippen LogP contribution in [-0.2, 0) is 4.79 Å². The molecule has 0 aromatic carbocycles. The molecule has 0 radical (unpaired) electrons. The van der Waals surface area contributed by atoms with Crippen LogP contribution in [0.4, 0.5) is 0 Å². The van der Waals surface area contributed by atoms with Crippen LogP contribution in [0.2, 0.25) is 0 Å². The molecule has 0 saturated carbocycles. The Labute approximate surface area is 61.6 Å². The molecule has 0 aliphatic rings. The summed E-state index contributed by atoms with van der Waals surface area (Å²) in [6.45, 7) is 8.89. The molecule has 10 heavy (non-hydrogen) atoms. The van der Waals surface area contributed by atoms with E-state index in [0.29, 0.717) is 6.42 Å². The lowest BCUT2D eigenvalue weighted by Gasteiger charge is -2.18. The molecule has 0 atom stereocenters. The van der Waals surface area contributed by atoms with Crippen molar-refractivity contribution in [1.82, 2.24) is 0 Å². The zero-order chi connectivity index (χ0) is 8.36. The van der Waals surface area contributed by atoms with E-state index in [1.54, 1.807) is 13.8 Å². The number of hydrogen-bond donors (Lipinski definition) is 1. The fraction of sp³-hybridized carbons (Fsp3) is 0.625. The molecule has 0 fully saturated rings. The second-order valence-electron chi connectivity index (χ2n) is 3.32. The third kappa shape index (κ3) is 2.67. The summed E-state index contributed by atoms with van der Waals surface area (Å²) in [6.07, 6.45) is 0.544. The molecule has 1 N–H and O–H groups in total. The van der Waals surface area contributed by atoms with E-state index >= 15 is 0 Å². The number of allylic oxidation sites excluding steroid dienone is 1. The van der Waals surface area contributed by atoms with E-state index in [0.717, 1.165) is 5.57 Å². The normalized spacial score (nSPS) is 11.1. The third-order valence-electron chi connectivity index (χ3n) is 1.32. The summed E-state index contributed by atoms with van der Waals surface area (Å²) in [6, 6.07) is 0. The lowest BCUT2D eigenvalue weighted by molar-refractivity contribution is -0.146. The molecule has 0 rings (SSSR count). The topological polar surface area (TPSA) is 37.3 Å². The monoisotopic (exact) mass is 142 g/mol. The maximum atomic E-state index is 10.5. The van der Waals surface area contributed by atoms with E-state index in [1.807, 2.05) is 6.92 Å². The molecule has 0 spiro atoms. The van der Waals surface area contributed by atoms with Gasteiger partial charge in [-0.1, -0.05) is 5.57 Å². The van der Waals surface area contributed by atoms with Gasteiger partial charge >= 0.3 is 5.97 Å². The highest BCUT2D eigenvalue weighted by atomic mass is 16.4. The largest absolute Gasteiger partial charge is 0.481 e. The van der Waals surface area contributed by atoms with Gasteiger partial charge in [-0.05, 0) is 27.2 Å². The van der Waals surface area contributed by atoms with Gasteiger partial charge in [-0.3, -0.25) is 4.79 Å². The van der Waals surface area contributed by atoms with Crippen LogP contribution < -0.4 is 0 Å². The summed E-state index contributed by atoms with van der Waals surface area (Å²) in [5.41, 5.74) is 0.249. The molecule has 2 nitrogen and oxygen atoms in total. The minimum absolute atomic E-state index is 0.544. The first kappa shape index (κ1) is 9.21. The fourth-order valence-electron chi connectivity index (χ4n) is 0.830. The molecule has 0 aromatic rings. The van der Waals surface area contributed by atoms with Gasteiger partial charge in [0.2, 0.25) is 0 Å². The number of carboxylic acids is 1. The molecule has 0 aliphatic carbocycles. The maximum absolute atomic E-state index is 10.5. The van der Waals surface area contributed by atoms with Crippen molar-refractivity contribution in [2.75, 3.05) is 0 Å². The molecule has 0 aliphatic heterocycles. The molecule has 0 saturated heterocycles. The van der Waals surface area contributed by atoms with Gasteiger partial charge in [-0.25, -0.2) is 0 Å². The minimum Gasteiger partial charge on any atom is -0.481 e. The Morgan fingerprint density at radius 3 is 2.10 bits per heavy atom. The van der Waals surface area contributed by atoms with Gasteiger partial charge in [0.1, 0.15) is 0 Å². The summed E-state index contributed by atoms with van der Waals surface area (Å²) in [4.78, 5) is 10.5. The van der Waals surface area contributed by atoms with Gasteiger partial charge in [-0.2, -0.15) is 0 Å². The first-order valence-corrected chi connectivity index (χ1v) is 3.24. The molecule has 0 amide bonds. The first-order valence-electron chi connectivity index (χ1n) is 3.24. The zero-order valence-electron chi connectivity index (χ0n) is 6.77. The van der Waals surface area contributed by atoms with Crippen molar-refractivity contribution in [2.45, 2.75) is 27.2 Å². The Morgan fingerprint density at radius 2 is 2.00 bits per heavy atom. The third-order valence-corrected chi connectivity index (χ3v) is 1.32. The van der Waals surface area contributed by atoms with Crippen molar-refractivity contribution < 1.29 is 9.90 Å². The van der Waals surface area contributed by atoms with E-state index in [4.69, 9.17) is 5.11 Å². The van der Waals surface area contributed by atoms with Crippen molar-refractivity contribution in [3.8, 4) is 0 Å². The van der Waals surface area contributed by atoms with E-state index in [-0.39, 0.29) is 0 Å². The van der Waals surface area contributed by atoms with Crippen LogP contribution in [0.5, 0.6) is 0 Å². The summed E-state index contributed by atoms with van der Waals surface area (Å²) >= 11 is 0. The minimum atomic E-state index is -0.768. The average molecular weight is 142 g/mol. The zero-order valence-corrected chi connectivity index (χ0v) is 6.77. The summed E-state index contributed by atoms with van der Waals surface area (Å²) < 4.78 is 0. The number of hydrogen-bond acceptors (Lipinski definition) is 1. The van der Waals surface area contributed by atoms with Crippen LogP contribution in [-0.4, -0.2) is 11.1 Å². The second kappa shape index (κ2) is 2.86. The van der Waals surface area contributed by atoms with Gasteiger partial charge < -0.3 is 5.11 Å². The van der Waals surface area contributed by atoms with Crippen molar-refractivity contribution in [3.05, 3.63) is 12.2 Å². The molecule has 0 aromatic heterocycles. The van der Waals surface area contributed by atoms with E-state index in [2.05, 4.69) is 6.58 Å². The van der Waals surface area contributed by atoms with Crippen LogP contribution in [0.1, 0.15) is 27.2 Å². The van der Waals surface area contributed by atoms with Gasteiger partial charge in [0, 0.05) is 0 Å². The Kier molecular flexibility index (Phi) is 2.64. The number of rotatable bonds is 3. The summed E-state index contributed by atoms with van der Waals surface area (Å²) in [7, 11) is 0.